The van der Waals surface area contributed by atoms with E-state index >= 15 is 0 Å². The zero-order chi connectivity index (χ0) is 26.4. The molecule has 37 heavy (non-hydrogen) atoms. The molecule has 0 saturated carbocycles. The number of ether oxygens (including phenoxy) is 1. The fourth-order valence-electron chi connectivity index (χ4n) is 4.34. The topological polar surface area (TPSA) is 61.9 Å². The quantitative estimate of drug-likeness (QED) is 0.325. The van der Waals surface area contributed by atoms with Crippen LogP contribution in [-0.2, 0) is 11.2 Å². The molecule has 0 aliphatic carbocycles. The summed E-state index contributed by atoms with van der Waals surface area (Å²) in [4.78, 5) is 31.7. The lowest BCUT2D eigenvalue weighted by Crippen LogP contribution is -2.49. The number of hydrogen-bond acceptors (Lipinski definition) is 4. The van der Waals surface area contributed by atoms with Crippen molar-refractivity contribution in [2.24, 2.45) is 5.92 Å². The van der Waals surface area contributed by atoms with E-state index in [2.05, 4.69) is 30.6 Å². The number of anilines is 1. The van der Waals surface area contributed by atoms with E-state index in [0.29, 0.717) is 42.1 Å². The number of thiophene rings is 1. The van der Waals surface area contributed by atoms with Gasteiger partial charge in [-0.3, -0.25) is 4.79 Å². The Morgan fingerprint density at radius 3 is 2.57 bits per heavy atom. The second kappa shape index (κ2) is 12.5. The summed E-state index contributed by atoms with van der Waals surface area (Å²) >= 11 is 7.72. The van der Waals surface area contributed by atoms with Crippen LogP contribution in [0.15, 0.2) is 60.0 Å². The zero-order valence-corrected chi connectivity index (χ0v) is 23.1. The van der Waals surface area contributed by atoms with Crippen molar-refractivity contribution in [3.05, 3.63) is 81.0 Å². The number of rotatable bonds is 9. The third-order valence-electron chi connectivity index (χ3n) is 6.53. The van der Waals surface area contributed by atoms with Gasteiger partial charge in [-0.15, -0.1) is 11.3 Å². The number of aryl methyl sites for hydroxylation is 1. The maximum absolute atomic E-state index is 13.7. The molecule has 0 bridgehead atoms. The lowest BCUT2D eigenvalue weighted by molar-refractivity contribution is -0.135. The fourth-order valence-corrected chi connectivity index (χ4v) is 5.39. The van der Waals surface area contributed by atoms with Crippen LogP contribution in [0.1, 0.15) is 42.3 Å². The number of carbonyl (C=O) groups excluding carboxylic acids is 2. The van der Waals surface area contributed by atoms with Crippen LogP contribution in [0.3, 0.4) is 0 Å². The predicted octanol–water partition coefficient (Wildman–Crippen LogP) is 6.79. The standard InChI is InChI=1S/C29H34ClN3O3S/c1-20(2)12-15-32(29(35)31-23-8-4-21(3)5-9-23)18-28(34)33-16-13-27-25(14-17-37-27)26(33)19-36-24-10-6-22(30)7-11-24/h4-11,14,17,20,26H,12-13,15-16,18-19H2,1-3H3,(H,31,35)/t26-/m0/s1. The number of halogens is 1. The molecule has 1 N–H and O–H groups in total. The molecule has 1 aromatic heterocycles. The molecule has 1 aliphatic heterocycles. The highest BCUT2D eigenvalue weighted by molar-refractivity contribution is 7.10. The Labute approximate surface area is 228 Å². The number of nitrogens with zero attached hydrogens (tertiary/aromatic N) is 2. The van der Waals surface area contributed by atoms with E-state index < -0.39 is 0 Å². The summed E-state index contributed by atoms with van der Waals surface area (Å²) < 4.78 is 6.09. The molecule has 3 aromatic rings. The number of nitrogens with one attached hydrogen (secondary N) is 1. The van der Waals surface area contributed by atoms with E-state index in [1.807, 2.05) is 48.2 Å². The second-order valence-corrected chi connectivity index (χ2v) is 11.3. The molecule has 0 spiro atoms. The molecule has 0 fully saturated rings. The van der Waals surface area contributed by atoms with Crippen molar-refractivity contribution in [2.45, 2.75) is 39.7 Å². The summed E-state index contributed by atoms with van der Waals surface area (Å²) in [7, 11) is 0. The summed E-state index contributed by atoms with van der Waals surface area (Å²) in [6.07, 6.45) is 1.62. The maximum atomic E-state index is 13.7. The first-order chi connectivity index (χ1) is 17.8. The number of benzene rings is 2. The normalized spacial score (nSPS) is 14.8. The van der Waals surface area contributed by atoms with Crippen LogP contribution in [0.25, 0.3) is 0 Å². The van der Waals surface area contributed by atoms with E-state index in [4.69, 9.17) is 16.3 Å². The number of carbonyl (C=O) groups is 2. The van der Waals surface area contributed by atoms with Gasteiger partial charge in [0.2, 0.25) is 5.91 Å². The van der Waals surface area contributed by atoms with Crippen molar-refractivity contribution in [1.29, 1.82) is 0 Å². The highest BCUT2D eigenvalue weighted by Gasteiger charge is 2.33. The van der Waals surface area contributed by atoms with Gasteiger partial charge in [0.25, 0.3) is 0 Å². The molecule has 1 aliphatic rings. The summed E-state index contributed by atoms with van der Waals surface area (Å²) in [5.41, 5.74) is 2.96. The molecule has 0 radical (unpaired) electrons. The monoisotopic (exact) mass is 539 g/mol. The van der Waals surface area contributed by atoms with Crippen LogP contribution in [0.2, 0.25) is 5.02 Å². The predicted molar refractivity (Wildman–Crippen MR) is 151 cm³/mol. The molecule has 2 aromatic carbocycles. The summed E-state index contributed by atoms with van der Waals surface area (Å²) in [5, 5.41) is 5.67. The van der Waals surface area contributed by atoms with E-state index in [1.165, 1.54) is 4.88 Å². The largest absolute Gasteiger partial charge is 0.491 e. The van der Waals surface area contributed by atoms with Gasteiger partial charge in [0, 0.05) is 28.7 Å². The molecular formula is C29H34ClN3O3S. The molecule has 1 atom stereocenters. The Morgan fingerprint density at radius 1 is 1.14 bits per heavy atom. The van der Waals surface area contributed by atoms with Gasteiger partial charge in [-0.25, -0.2) is 4.79 Å². The lowest BCUT2D eigenvalue weighted by Gasteiger charge is -2.37. The SMILES string of the molecule is Cc1ccc(NC(=O)N(CCC(C)C)CC(=O)N2CCc3sccc3[C@@H]2COc2ccc(Cl)cc2)cc1. The first-order valence-corrected chi connectivity index (χ1v) is 13.9. The van der Waals surface area contributed by atoms with Crippen LogP contribution in [0.4, 0.5) is 10.5 Å². The molecule has 196 valence electrons. The van der Waals surface area contributed by atoms with Gasteiger partial charge in [-0.2, -0.15) is 0 Å². The number of urea groups is 1. The Morgan fingerprint density at radius 2 is 1.86 bits per heavy atom. The summed E-state index contributed by atoms with van der Waals surface area (Å²) in [6.45, 7) is 7.68. The van der Waals surface area contributed by atoms with E-state index in [0.717, 1.165) is 24.0 Å². The second-order valence-electron chi connectivity index (χ2n) is 9.82. The molecule has 0 unspecified atom stereocenters. The average molecular weight is 540 g/mol. The highest BCUT2D eigenvalue weighted by atomic mass is 35.5. The van der Waals surface area contributed by atoms with Crippen LogP contribution in [0.5, 0.6) is 5.75 Å². The van der Waals surface area contributed by atoms with Gasteiger partial charge in [0.1, 0.15) is 18.9 Å². The average Bonchev–Trinajstić information content (AvgIpc) is 3.36. The zero-order valence-electron chi connectivity index (χ0n) is 21.6. The summed E-state index contributed by atoms with van der Waals surface area (Å²) in [5.74, 6) is 1.04. The van der Waals surface area contributed by atoms with Gasteiger partial charge in [-0.1, -0.05) is 43.1 Å². The van der Waals surface area contributed by atoms with Gasteiger partial charge in [0.05, 0.1) is 6.04 Å². The third kappa shape index (κ3) is 7.27. The van der Waals surface area contributed by atoms with Crippen molar-refractivity contribution in [1.82, 2.24) is 9.80 Å². The number of hydrogen-bond donors (Lipinski definition) is 1. The van der Waals surface area contributed by atoms with Crippen LogP contribution < -0.4 is 10.1 Å². The first kappa shape index (κ1) is 27.0. The smallest absolute Gasteiger partial charge is 0.322 e. The molecule has 0 saturated heterocycles. The van der Waals surface area contributed by atoms with E-state index in [9.17, 15) is 9.59 Å². The van der Waals surface area contributed by atoms with Gasteiger partial charge < -0.3 is 19.9 Å². The summed E-state index contributed by atoms with van der Waals surface area (Å²) in [6, 6.07) is 16.5. The van der Waals surface area contributed by atoms with Crippen molar-refractivity contribution in [3.63, 3.8) is 0 Å². The van der Waals surface area contributed by atoms with Crippen molar-refractivity contribution in [3.8, 4) is 5.75 Å². The van der Waals surface area contributed by atoms with Crippen LogP contribution in [0, 0.1) is 12.8 Å². The molecular weight excluding hydrogens is 506 g/mol. The van der Waals surface area contributed by atoms with Crippen molar-refractivity contribution < 1.29 is 14.3 Å². The van der Waals surface area contributed by atoms with Crippen molar-refractivity contribution in [2.75, 3.05) is 31.6 Å². The van der Waals surface area contributed by atoms with E-state index in [-0.39, 0.29) is 24.5 Å². The highest BCUT2D eigenvalue weighted by Crippen LogP contribution is 2.34. The minimum Gasteiger partial charge on any atom is -0.491 e. The molecule has 4 rings (SSSR count). The van der Waals surface area contributed by atoms with Gasteiger partial charge >= 0.3 is 6.03 Å². The van der Waals surface area contributed by atoms with Crippen LogP contribution >= 0.6 is 22.9 Å². The van der Waals surface area contributed by atoms with Gasteiger partial charge in [-0.05, 0) is 79.1 Å². The molecule has 3 amide bonds. The first-order valence-electron chi connectivity index (χ1n) is 12.7. The minimum atomic E-state index is -0.264. The maximum Gasteiger partial charge on any atom is 0.322 e. The molecule has 6 nitrogen and oxygen atoms in total. The molecule has 2 heterocycles. The van der Waals surface area contributed by atoms with E-state index in [1.54, 1.807) is 28.4 Å². The number of amides is 3. The Bertz CT molecular complexity index is 1190. The van der Waals surface area contributed by atoms with Crippen molar-refractivity contribution >= 4 is 40.6 Å². The van der Waals surface area contributed by atoms with Gasteiger partial charge in [0.15, 0.2) is 0 Å². The minimum absolute atomic E-state index is 0.0152. The van der Waals surface area contributed by atoms with Crippen LogP contribution in [-0.4, -0.2) is 48.0 Å². The fraction of sp³-hybridized carbons (Fsp3) is 0.379. The lowest BCUT2D eigenvalue weighted by atomic mass is 10.0. The third-order valence-corrected chi connectivity index (χ3v) is 7.78. The Hall–Kier alpha value is -3.03. The Balaban J connectivity index is 1.48. The Kier molecular flexibility index (Phi) is 9.11. The number of fused-ring (bicyclic) bond motifs is 1. The molecule has 8 heteroatoms.